The molecule has 0 bridgehead atoms. The average molecular weight is 987 g/mol. The summed E-state index contributed by atoms with van der Waals surface area (Å²) in [5.74, 6) is -2.17. The van der Waals surface area contributed by atoms with Gasteiger partial charge in [-0.2, -0.15) is 0 Å². The van der Waals surface area contributed by atoms with Crippen LogP contribution in [0.15, 0.2) is 121 Å². The molecule has 0 aliphatic carbocycles. The Labute approximate surface area is 428 Å². The third-order valence-corrected chi connectivity index (χ3v) is 13.2. The molecular formula is C61H78O11. The van der Waals surface area contributed by atoms with Gasteiger partial charge < -0.3 is 43.7 Å². The van der Waals surface area contributed by atoms with Gasteiger partial charge in [-0.1, -0.05) is 142 Å². The van der Waals surface area contributed by atoms with E-state index in [-0.39, 0.29) is 41.9 Å². The molecule has 2 aliphatic rings. The highest BCUT2D eigenvalue weighted by Gasteiger charge is 2.44. The lowest BCUT2D eigenvalue weighted by atomic mass is 9.93. The minimum absolute atomic E-state index is 0.0676. The molecule has 4 aromatic carbocycles. The Morgan fingerprint density at radius 1 is 0.556 bits per heavy atom. The number of ether oxygens (including phenoxy) is 6. The van der Waals surface area contributed by atoms with Gasteiger partial charge in [0, 0.05) is 5.92 Å². The number of rotatable bonds is 18. The molecule has 2 unspecified atom stereocenters. The molecule has 6 rings (SSSR count). The van der Waals surface area contributed by atoms with Crippen molar-refractivity contribution in [3.8, 4) is 22.3 Å². The van der Waals surface area contributed by atoms with Crippen LogP contribution in [0.1, 0.15) is 118 Å². The van der Waals surface area contributed by atoms with E-state index in [9.17, 15) is 24.9 Å². The zero-order valence-corrected chi connectivity index (χ0v) is 44.5. The summed E-state index contributed by atoms with van der Waals surface area (Å²) in [6, 6.07) is 28.1. The first-order chi connectivity index (χ1) is 34.0. The summed E-state index contributed by atoms with van der Waals surface area (Å²) in [6.07, 6.45) is 13.5. The molecule has 388 valence electrons. The van der Waals surface area contributed by atoms with Crippen LogP contribution in [0.3, 0.4) is 0 Å². The van der Waals surface area contributed by atoms with Crippen molar-refractivity contribution in [2.45, 2.75) is 143 Å². The minimum Gasteiger partial charge on any atom is -0.465 e. The Morgan fingerprint density at radius 3 is 1.35 bits per heavy atom. The zero-order chi connectivity index (χ0) is 52.9. The molecule has 3 N–H and O–H groups in total. The fourth-order valence-electron chi connectivity index (χ4n) is 8.91. The van der Waals surface area contributed by atoms with Gasteiger partial charge in [0.2, 0.25) is 0 Å². The summed E-state index contributed by atoms with van der Waals surface area (Å²) in [5, 5.41) is 30.3. The van der Waals surface area contributed by atoms with Crippen molar-refractivity contribution in [1.82, 2.24) is 0 Å². The molecule has 2 aliphatic heterocycles. The number of esters is 2. The number of carbonyl (C=O) groups excluding carboxylic acids is 2. The number of methoxy groups -OCH3 is 2. The Hall–Kier alpha value is -5.50. The number of carbonyl (C=O) groups is 2. The summed E-state index contributed by atoms with van der Waals surface area (Å²) < 4.78 is 34.7. The first-order valence-electron chi connectivity index (χ1n) is 25.1. The van der Waals surface area contributed by atoms with E-state index < -0.39 is 42.1 Å². The monoisotopic (exact) mass is 987 g/mol. The number of hydrogen-bond donors (Lipinski definition) is 3. The van der Waals surface area contributed by atoms with Crippen molar-refractivity contribution >= 4 is 24.1 Å². The van der Waals surface area contributed by atoms with Gasteiger partial charge >= 0.3 is 11.9 Å². The maximum absolute atomic E-state index is 12.6. The Bertz CT molecular complexity index is 2340. The van der Waals surface area contributed by atoms with Crippen molar-refractivity contribution in [2.24, 2.45) is 17.8 Å². The van der Waals surface area contributed by atoms with E-state index >= 15 is 0 Å². The van der Waals surface area contributed by atoms with Crippen LogP contribution in [0.25, 0.3) is 34.4 Å². The summed E-state index contributed by atoms with van der Waals surface area (Å²) >= 11 is 0. The largest absolute Gasteiger partial charge is 0.465 e. The molecule has 72 heavy (non-hydrogen) atoms. The molecule has 2 saturated heterocycles. The summed E-state index contributed by atoms with van der Waals surface area (Å²) in [7, 11) is 2.79. The SMILES string of the molecule is COC(=O)c1c(C)cc(-c2ccccc2)cc1/C=C/C[C@@H]1OC(C)(C)O[C@@H]1C(C)/C=C\[C@@H](C)[C@H](C)O.COC(=O)c1c(C)cc(-c2ccccc2)cc1/C=C/C[C@@H]1OC(C)(C)O[C@@H]1C(O)/C=C\[C@@H](C)[C@H](C)O. The van der Waals surface area contributed by atoms with Crippen LogP contribution in [0.4, 0.5) is 0 Å². The van der Waals surface area contributed by atoms with Crippen molar-refractivity contribution < 1.29 is 53.3 Å². The fraction of sp³-hybridized carbons (Fsp3) is 0.443. The third-order valence-electron chi connectivity index (χ3n) is 13.2. The van der Waals surface area contributed by atoms with Gasteiger partial charge in [-0.25, -0.2) is 9.59 Å². The average Bonchev–Trinajstić information content (AvgIpc) is 3.84. The van der Waals surface area contributed by atoms with E-state index in [1.165, 1.54) is 14.2 Å². The van der Waals surface area contributed by atoms with Crippen LogP contribution in [0.2, 0.25) is 0 Å². The van der Waals surface area contributed by atoms with Gasteiger partial charge in [0.05, 0.1) is 55.9 Å². The van der Waals surface area contributed by atoms with Crippen LogP contribution >= 0.6 is 0 Å². The highest BCUT2D eigenvalue weighted by atomic mass is 16.8. The van der Waals surface area contributed by atoms with Crippen LogP contribution in [-0.4, -0.2) is 95.8 Å². The number of benzene rings is 4. The molecule has 11 nitrogen and oxygen atoms in total. The maximum atomic E-state index is 12.6. The second kappa shape index (κ2) is 25.9. The van der Waals surface area contributed by atoms with Gasteiger partial charge in [0.1, 0.15) is 12.2 Å². The smallest absolute Gasteiger partial charge is 0.338 e. The maximum Gasteiger partial charge on any atom is 0.338 e. The summed E-state index contributed by atoms with van der Waals surface area (Å²) in [5.41, 5.74) is 8.55. The van der Waals surface area contributed by atoms with Gasteiger partial charge in [-0.15, -0.1) is 0 Å². The molecule has 10 atom stereocenters. The lowest BCUT2D eigenvalue weighted by Crippen LogP contribution is -2.34. The van der Waals surface area contributed by atoms with E-state index in [1.807, 2.05) is 159 Å². The van der Waals surface area contributed by atoms with Gasteiger partial charge in [-0.3, -0.25) is 0 Å². The second-order valence-electron chi connectivity index (χ2n) is 20.1. The first kappa shape index (κ1) is 57.4. The highest BCUT2D eigenvalue weighted by Crippen LogP contribution is 2.36. The van der Waals surface area contributed by atoms with Gasteiger partial charge in [0.15, 0.2) is 11.6 Å². The molecule has 0 saturated carbocycles. The minimum atomic E-state index is -0.888. The van der Waals surface area contributed by atoms with E-state index in [0.29, 0.717) is 24.0 Å². The van der Waals surface area contributed by atoms with Crippen LogP contribution in [0.5, 0.6) is 0 Å². The van der Waals surface area contributed by atoms with Crippen LogP contribution < -0.4 is 0 Å². The predicted molar refractivity (Wildman–Crippen MR) is 286 cm³/mol. The quantitative estimate of drug-likeness (QED) is 0.0646. The van der Waals surface area contributed by atoms with Crippen LogP contribution in [0, 0.1) is 31.6 Å². The normalized spacial score (nSPS) is 22.1. The molecule has 0 aromatic heterocycles. The molecule has 0 spiro atoms. The first-order valence-corrected chi connectivity index (χ1v) is 25.1. The Kier molecular flexibility index (Phi) is 20.7. The summed E-state index contributed by atoms with van der Waals surface area (Å²) in [6.45, 7) is 20.8. The number of aliphatic hydroxyl groups is 3. The second-order valence-corrected chi connectivity index (χ2v) is 20.1. The van der Waals surface area contributed by atoms with Crippen LogP contribution in [-0.2, 0) is 28.4 Å². The number of hydrogen-bond acceptors (Lipinski definition) is 11. The van der Waals surface area contributed by atoms with Crippen molar-refractivity contribution in [3.05, 3.63) is 155 Å². The van der Waals surface area contributed by atoms with Crippen molar-refractivity contribution in [1.29, 1.82) is 0 Å². The topological polar surface area (TPSA) is 150 Å². The van der Waals surface area contributed by atoms with Crippen molar-refractivity contribution in [3.63, 3.8) is 0 Å². The molecule has 11 heteroatoms. The Morgan fingerprint density at radius 2 is 0.944 bits per heavy atom. The van der Waals surface area contributed by atoms with Crippen molar-refractivity contribution in [2.75, 3.05) is 14.2 Å². The number of aryl methyl sites for hydroxylation is 2. The Balaban J connectivity index is 0.000000267. The molecule has 0 amide bonds. The zero-order valence-electron chi connectivity index (χ0n) is 44.5. The lowest BCUT2D eigenvalue weighted by Gasteiger charge is -2.21. The molecule has 2 fully saturated rings. The number of aliphatic hydroxyl groups excluding tert-OH is 3. The predicted octanol–water partition coefficient (Wildman–Crippen LogP) is 11.9. The molecule has 4 aromatic rings. The standard InChI is InChI=1S/C31H40O5.C30H38O6/c1-20(23(4)32)16-17-21(2)29-27(35-31(5,6)36-29)15-11-14-25-19-26(24-12-9-8-10-13-24)18-22(3)28(25)30(33)34-7;1-19(21(3)31)15-16-25(32)28-26(35-30(4,5)36-28)14-10-13-23-18-24(22-11-8-7-9-12-22)17-20(2)27(23)29(33)34-6/h8-14,16-21,23,27,29,32H,15H2,1-7H3;7-13,15-19,21,25-26,28,31-32H,14H2,1-6H3/b14-11+,17-16-;13-10+,16-15-/t20-,21?,23+,27+,29-;19-,21+,25?,26+,28-/m11/s1. The lowest BCUT2D eigenvalue weighted by molar-refractivity contribution is -0.152. The van der Waals surface area contributed by atoms with E-state index in [4.69, 9.17) is 28.4 Å². The molecule has 0 radical (unpaired) electrons. The van der Waals surface area contributed by atoms with E-state index in [2.05, 4.69) is 25.1 Å². The highest BCUT2D eigenvalue weighted by molar-refractivity contribution is 5.97. The molecule has 2 heterocycles. The fourth-order valence-corrected chi connectivity index (χ4v) is 8.91. The van der Waals surface area contributed by atoms with Gasteiger partial charge in [-0.05, 0) is 137 Å². The van der Waals surface area contributed by atoms with E-state index in [1.54, 1.807) is 26.0 Å². The van der Waals surface area contributed by atoms with Gasteiger partial charge in [0.25, 0.3) is 0 Å². The summed E-state index contributed by atoms with van der Waals surface area (Å²) in [4.78, 5) is 25.2. The van der Waals surface area contributed by atoms with E-state index in [0.717, 1.165) is 44.5 Å². The third kappa shape index (κ3) is 15.8. The molecular weight excluding hydrogens is 909 g/mol.